The third kappa shape index (κ3) is 4.69. The predicted molar refractivity (Wildman–Crippen MR) is 110 cm³/mol. The van der Waals surface area contributed by atoms with Crippen LogP contribution in [0.15, 0.2) is 77.7 Å². The van der Waals surface area contributed by atoms with Crippen molar-refractivity contribution in [3.8, 4) is 0 Å². The van der Waals surface area contributed by atoms with Gasteiger partial charge in [0, 0.05) is 0 Å². The smallest absolute Gasteiger partial charge is 0.268 e. The van der Waals surface area contributed by atoms with E-state index in [9.17, 15) is 13.2 Å². The monoisotopic (exact) mass is 415 g/mol. The van der Waals surface area contributed by atoms with E-state index in [0.717, 1.165) is 5.56 Å². The molecule has 0 aliphatic heterocycles. The molecule has 144 valence electrons. The summed E-state index contributed by atoms with van der Waals surface area (Å²) in [4.78, 5) is 14.7. The maximum atomic E-state index is 12.6. The van der Waals surface area contributed by atoms with E-state index < -0.39 is 15.9 Å². The Labute approximate surface area is 168 Å². The Bertz CT molecular complexity index is 1100. The molecule has 0 aromatic heterocycles. The molecule has 28 heavy (non-hydrogen) atoms. The lowest BCUT2D eigenvalue weighted by Gasteiger charge is -2.14. The topological polar surface area (TPSA) is 87.3 Å². The number of nitrogens with one attached hydrogen (secondary N) is 3. The van der Waals surface area contributed by atoms with Gasteiger partial charge in [-0.3, -0.25) is 10.2 Å². The van der Waals surface area contributed by atoms with Crippen LogP contribution in [0.4, 0.5) is 11.4 Å². The zero-order chi connectivity index (χ0) is 20.1. The van der Waals surface area contributed by atoms with Gasteiger partial charge in [0.2, 0.25) is 0 Å². The van der Waals surface area contributed by atoms with Crippen molar-refractivity contribution in [1.82, 2.24) is 10.3 Å². The van der Waals surface area contributed by atoms with Crippen LogP contribution in [0.25, 0.3) is 0 Å². The highest BCUT2D eigenvalue weighted by molar-refractivity contribution is 7.89. The van der Waals surface area contributed by atoms with Crippen LogP contribution in [-0.4, -0.2) is 14.3 Å². The Kier molecular flexibility index (Phi) is 5.99. The number of halogens is 1. The summed E-state index contributed by atoms with van der Waals surface area (Å²) in [7, 11) is -3.88. The molecule has 0 radical (unpaired) electrons. The fourth-order valence-electron chi connectivity index (χ4n) is 2.45. The van der Waals surface area contributed by atoms with Crippen LogP contribution in [0.2, 0.25) is 5.02 Å². The largest absolute Gasteiger partial charge is 0.354 e. The first-order valence-electron chi connectivity index (χ1n) is 8.36. The van der Waals surface area contributed by atoms with Crippen molar-refractivity contribution in [2.75, 3.05) is 5.32 Å². The van der Waals surface area contributed by atoms with E-state index in [-0.39, 0.29) is 10.5 Å². The molecule has 0 aliphatic rings. The maximum Gasteiger partial charge on any atom is 0.268 e. The van der Waals surface area contributed by atoms with E-state index in [1.54, 1.807) is 54.6 Å². The molecule has 0 spiro atoms. The van der Waals surface area contributed by atoms with Crippen LogP contribution in [0, 0.1) is 6.92 Å². The first kappa shape index (κ1) is 19.9. The minimum absolute atomic E-state index is 0.0564. The summed E-state index contributed by atoms with van der Waals surface area (Å²) in [6.45, 7) is 1.86. The van der Waals surface area contributed by atoms with Crippen LogP contribution in [-0.2, 0) is 10.0 Å². The molecule has 6 nitrogen and oxygen atoms in total. The Morgan fingerprint density at radius 3 is 2.14 bits per heavy atom. The Hall–Kier alpha value is -2.87. The first-order chi connectivity index (χ1) is 13.4. The lowest BCUT2D eigenvalue weighted by Crippen LogP contribution is -2.41. The molecular formula is C20H18ClN3O3S. The van der Waals surface area contributed by atoms with Crippen LogP contribution in [0.1, 0.15) is 15.9 Å². The Balaban J connectivity index is 1.76. The maximum absolute atomic E-state index is 12.6. The van der Waals surface area contributed by atoms with Crippen LogP contribution in [0.3, 0.4) is 0 Å². The van der Waals surface area contributed by atoms with Crippen molar-refractivity contribution >= 4 is 38.9 Å². The van der Waals surface area contributed by atoms with E-state index in [2.05, 4.69) is 15.6 Å². The molecule has 1 amide bonds. The number of anilines is 2. The lowest BCUT2D eigenvalue weighted by molar-refractivity contribution is 0.0946. The molecule has 0 bridgehead atoms. The number of sulfonamides is 1. The van der Waals surface area contributed by atoms with Crippen molar-refractivity contribution in [2.24, 2.45) is 0 Å². The zero-order valence-electron chi connectivity index (χ0n) is 14.9. The fraction of sp³-hybridized carbons (Fsp3) is 0.0500. The quantitative estimate of drug-likeness (QED) is 0.531. The van der Waals surface area contributed by atoms with Gasteiger partial charge in [0.1, 0.15) is 0 Å². The second-order valence-electron chi connectivity index (χ2n) is 6.02. The van der Waals surface area contributed by atoms with Crippen LogP contribution in [0.5, 0.6) is 0 Å². The molecule has 8 heteroatoms. The molecule has 0 heterocycles. The number of carbonyl (C=O) groups is 1. The third-order valence-electron chi connectivity index (χ3n) is 3.95. The zero-order valence-corrected chi connectivity index (χ0v) is 16.5. The number of rotatable bonds is 6. The second kappa shape index (κ2) is 8.43. The minimum atomic E-state index is -3.88. The van der Waals surface area contributed by atoms with Gasteiger partial charge >= 0.3 is 0 Å². The second-order valence-corrected chi connectivity index (χ2v) is 8.11. The van der Waals surface area contributed by atoms with Gasteiger partial charge in [-0.05, 0) is 43.3 Å². The van der Waals surface area contributed by atoms with Gasteiger partial charge in [-0.15, -0.1) is 4.83 Å². The van der Waals surface area contributed by atoms with Crippen molar-refractivity contribution in [1.29, 1.82) is 0 Å². The van der Waals surface area contributed by atoms with E-state index >= 15 is 0 Å². The Morgan fingerprint density at radius 1 is 0.857 bits per heavy atom. The van der Waals surface area contributed by atoms with Crippen molar-refractivity contribution in [2.45, 2.75) is 11.8 Å². The number of hydrogen-bond acceptors (Lipinski definition) is 4. The highest BCUT2D eigenvalue weighted by Crippen LogP contribution is 2.26. The van der Waals surface area contributed by atoms with Gasteiger partial charge in [-0.25, -0.2) is 8.42 Å². The summed E-state index contributed by atoms with van der Waals surface area (Å²) >= 11 is 6.15. The average molecular weight is 416 g/mol. The standard InChI is InChI=1S/C20H18ClN3O3S/c1-14-10-12-15(13-11-14)28(26,27)24-23-20(25)16-6-2-4-8-18(16)22-19-9-5-3-7-17(19)21/h2-13,22,24H,1H3,(H,23,25). The highest BCUT2D eigenvalue weighted by atomic mass is 35.5. The predicted octanol–water partition coefficient (Wildman–Crippen LogP) is 4.02. The normalized spacial score (nSPS) is 11.1. The number of hydrazine groups is 1. The molecule has 0 atom stereocenters. The number of amides is 1. The molecule has 3 aromatic carbocycles. The van der Waals surface area contributed by atoms with Gasteiger partial charge < -0.3 is 5.32 Å². The summed E-state index contributed by atoms with van der Waals surface area (Å²) in [5.41, 5.74) is 4.55. The molecule has 3 N–H and O–H groups in total. The number of carbonyl (C=O) groups excluding carboxylic acids is 1. The van der Waals surface area contributed by atoms with Crippen molar-refractivity contribution < 1.29 is 13.2 Å². The van der Waals surface area contributed by atoms with Crippen molar-refractivity contribution in [3.05, 3.63) is 88.9 Å². The van der Waals surface area contributed by atoms with Gasteiger partial charge in [0.25, 0.3) is 15.9 Å². The molecule has 0 unspecified atom stereocenters. The molecular weight excluding hydrogens is 398 g/mol. The molecule has 0 saturated heterocycles. The SMILES string of the molecule is Cc1ccc(S(=O)(=O)NNC(=O)c2ccccc2Nc2ccccc2Cl)cc1. The molecule has 0 fully saturated rings. The first-order valence-corrected chi connectivity index (χ1v) is 10.2. The van der Waals surface area contributed by atoms with Crippen LogP contribution >= 0.6 is 11.6 Å². The summed E-state index contributed by atoms with van der Waals surface area (Å²) in [6, 6.07) is 20.1. The van der Waals surface area contributed by atoms with E-state index in [0.29, 0.717) is 16.4 Å². The average Bonchev–Trinajstić information content (AvgIpc) is 2.69. The summed E-state index contributed by atoms with van der Waals surface area (Å²) < 4.78 is 24.7. The van der Waals surface area contributed by atoms with Crippen molar-refractivity contribution in [3.63, 3.8) is 0 Å². The summed E-state index contributed by atoms with van der Waals surface area (Å²) in [5, 5.41) is 3.58. The number of benzene rings is 3. The Morgan fingerprint density at radius 2 is 1.46 bits per heavy atom. The van der Waals surface area contributed by atoms with E-state index in [1.165, 1.54) is 12.1 Å². The molecule has 0 saturated carbocycles. The highest BCUT2D eigenvalue weighted by Gasteiger charge is 2.17. The van der Waals surface area contributed by atoms with Crippen LogP contribution < -0.4 is 15.6 Å². The van der Waals surface area contributed by atoms with E-state index in [4.69, 9.17) is 11.6 Å². The number of hydrogen-bond donors (Lipinski definition) is 3. The fourth-order valence-corrected chi connectivity index (χ4v) is 3.48. The van der Waals surface area contributed by atoms with Gasteiger partial charge in [-0.2, -0.15) is 0 Å². The van der Waals surface area contributed by atoms with Gasteiger partial charge in [0.05, 0.1) is 26.9 Å². The van der Waals surface area contributed by atoms with Gasteiger partial charge in [0.15, 0.2) is 0 Å². The molecule has 3 rings (SSSR count). The minimum Gasteiger partial charge on any atom is -0.354 e. The molecule has 0 aliphatic carbocycles. The van der Waals surface area contributed by atoms with E-state index in [1.807, 2.05) is 13.0 Å². The molecule has 3 aromatic rings. The lowest BCUT2D eigenvalue weighted by atomic mass is 10.1. The third-order valence-corrected chi connectivity index (χ3v) is 5.54. The number of para-hydroxylation sites is 2. The number of aryl methyl sites for hydroxylation is 1. The van der Waals surface area contributed by atoms with Gasteiger partial charge in [-0.1, -0.05) is 53.6 Å². The summed E-state index contributed by atoms with van der Waals surface area (Å²) in [5.74, 6) is -0.606. The summed E-state index contributed by atoms with van der Waals surface area (Å²) in [6.07, 6.45) is 0.